The van der Waals surface area contributed by atoms with Crippen molar-refractivity contribution in [2.24, 2.45) is 0 Å². The van der Waals surface area contributed by atoms with Gasteiger partial charge in [0.2, 0.25) is 0 Å². The Morgan fingerprint density at radius 2 is 0.750 bits per heavy atom. The van der Waals surface area contributed by atoms with E-state index in [0.717, 1.165) is 17.1 Å². The average Bonchev–Trinajstić information content (AvgIpc) is 3.73. The minimum absolute atomic E-state index is 1.03. The molecule has 10 rings (SSSR count). The van der Waals surface area contributed by atoms with E-state index in [9.17, 15) is 0 Å². The molecule has 0 bridgehead atoms. The van der Waals surface area contributed by atoms with Gasteiger partial charge in [-0.2, -0.15) is 0 Å². The highest BCUT2D eigenvalue weighted by molar-refractivity contribution is 6.10. The van der Waals surface area contributed by atoms with E-state index in [1.54, 1.807) is 0 Å². The molecule has 0 unspecified atom stereocenters. The van der Waals surface area contributed by atoms with Gasteiger partial charge in [-0.25, -0.2) is 0 Å². The van der Waals surface area contributed by atoms with E-state index >= 15 is 0 Å². The number of benzene rings is 7. The monoisotopic (exact) mass is 721 g/mol. The van der Waals surface area contributed by atoms with Crippen LogP contribution in [0.15, 0.2) is 152 Å². The number of hydrogen-bond acceptors (Lipinski definition) is 1. The van der Waals surface area contributed by atoms with E-state index in [1.165, 1.54) is 105 Å². The molecular formula is C53H43N3. The first-order valence-corrected chi connectivity index (χ1v) is 19.6. The molecule has 0 aliphatic heterocycles. The summed E-state index contributed by atoms with van der Waals surface area (Å²) in [4.78, 5) is 5.18. The molecule has 0 amide bonds. The van der Waals surface area contributed by atoms with Crippen LogP contribution in [0.5, 0.6) is 0 Å². The van der Waals surface area contributed by atoms with Crippen molar-refractivity contribution < 1.29 is 0 Å². The van der Waals surface area contributed by atoms with Crippen molar-refractivity contribution in [3.8, 4) is 44.9 Å². The number of rotatable bonds is 5. The molecule has 0 saturated carbocycles. The second kappa shape index (κ2) is 13.0. The molecule has 56 heavy (non-hydrogen) atoms. The maximum Gasteiger partial charge on any atom is 0.0740 e. The number of para-hydroxylation sites is 4. The number of aromatic nitrogens is 3. The van der Waals surface area contributed by atoms with Gasteiger partial charge in [0.25, 0.3) is 0 Å². The van der Waals surface area contributed by atoms with Gasteiger partial charge in [-0.3, -0.25) is 4.98 Å². The van der Waals surface area contributed by atoms with Crippen LogP contribution in [0, 0.1) is 41.5 Å². The van der Waals surface area contributed by atoms with Crippen LogP contribution < -0.4 is 0 Å². The summed E-state index contributed by atoms with van der Waals surface area (Å²) in [5.41, 5.74) is 21.8. The molecule has 0 aliphatic rings. The van der Waals surface area contributed by atoms with Crippen LogP contribution in [0.2, 0.25) is 0 Å². The summed E-state index contributed by atoms with van der Waals surface area (Å²) in [6, 6.07) is 53.3. The lowest BCUT2D eigenvalue weighted by Gasteiger charge is -2.21. The van der Waals surface area contributed by atoms with Gasteiger partial charge in [-0.1, -0.05) is 97.1 Å². The number of fused-ring (bicyclic) bond motifs is 6. The molecule has 0 N–H and O–H groups in total. The van der Waals surface area contributed by atoms with Crippen molar-refractivity contribution in [2.75, 3.05) is 0 Å². The maximum atomic E-state index is 5.18. The van der Waals surface area contributed by atoms with Gasteiger partial charge in [0, 0.05) is 44.7 Å². The van der Waals surface area contributed by atoms with Crippen molar-refractivity contribution >= 4 is 43.6 Å². The molecule has 0 saturated heterocycles. The number of aryl methyl sites for hydroxylation is 4. The van der Waals surface area contributed by atoms with Gasteiger partial charge in [0.15, 0.2) is 0 Å². The van der Waals surface area contributed by atoms with Gasteiger partial charge in [-0.05, 0) is 146 Å². The zero-order valence-corrected chi connectivity index (χ0v) is 32.8. The van der Waals surface area contributed by atoms with Crippen LogP contribution in [0.25, 0.3) is 88.5 Å². The Bertz CT molecular complexity index is 2880. The Morgan fingerprint density at radius 3 is 1.20 bits per heavy atom. The molecule has 0 spiro atoms. The van der Waals surface area contributed by atoms with E-state index < -0.39 is 0 Å². The van der Waals surface area contributed by atoms with Gasteiger partial charge in [0.05, 0.1) is 27.8 Å². The van der Waals surface area contributed by atoms with E-state index in [1.807, 2.05) is 0 Å². The Balaban J connectivity index is 1.13. The van der Waals surface area contributed by atoms with Gasteiger partial charge in [0.1, 0.15) is 0 Å². The molecule has 7 aromatic carbocycles. The predicted octanol–water partition coefficient (Wildman–Crippen LogP) is 14.1. The lowest BCUT2D eigenvalue weighted by Crippen LogP contribution is -2.02. The fraction of sp³-hybridized carbons (Fsp3) is 0.113. The molecule has 270 valence electrons. The summed E-state index contributed by atoms with van der Waals surface area (Å²) in [7, 11) is 0. The molecule has 3 nitrogen and oxygen atoms in total. The quantitative estimate of drug-likeness (QED) is 0.173. The average molecular weight is 722 g/mol. The van der Waals surface area contributed by atoms with Crippen molar-refractivity contribution in [3.63, 3.8) is 0 Å². The van der Waals surface area contributed by atoms with Gasteiger partial charge < -0.3 is 9.13 Å². The molecular weight excluding hydrogens is 679 g/mol. The molecule has 3 heterocycles. The first kappa shape index (κ1) is 33.8. The minimum atomic E-state index is 1.03. The third kappa shape index (κ3) is 5.08. The molecule has 0 fully saturated rings. The van der Waals surface area contributed by atoms with E-state index in [4.69, 9.17) is 4.98 Å². The normalized spacial score (nSPS) is 11.8. The molecule has 10 aromatic rings. The summed E-state index contributed by atoms with van der Waals surface area (Å²) in [6.45, 7) is 13.4. The van der Waals surface area contributed by atoms with Crippen molar-refractivity contribution in [1.29, 1.82) is 0 Å². The van der Waals surface area contributed by atoms with Crippen molar-refractivity contribution in [3.05, 3.63) is 185 Å². The zero-order chi connectivity index (χ0) is 38.2. The van der Waals surface area contributed by atoms with Crippen molar-refractivity contribution in [2.45, 2.75) is 41.5 Å². The second-order valence-corrected chi connectivity index (χ2v) is 15.5. The first-order valence-electron chi connectivity index (χ1n) is 19.6. The highest BCUT2D eigenvalue weighted by atomic mass is 15.0. The lowest BCUT2D eigenvalue weighted by molar-refractivity contribution is 1.17. The van der Waals surface area contributed by atoms with E-state index in [0.29, 0.717) is 0 Å². The lowest BCUT2D eigenvalue weighted by atomic mass is 9.86. The Labute approximate surface area is 328 Å². The van der Waals surface area contributed by atoms with Crippen molar-refractivity contribution in [1.82, 2.24) is 14.1 Å². The zero-order valence-electron chi connectivity index (χ0n) is 32.8. The van der Waals surface area contributed by atoms with E-state index in [-0.39, 0.29) is 0 Å². The highest BCUT2D eigenvalue weighted by Crippen LogP contribution is 2.42. The topological polar surface area (TPSA) is 22.8 Å². The molecule has 0 aliphatic carbocycles. The molecule has 0 radical (unpaired) electrons. The summed E-state index contributed by atoms with van der Waals surface area (Å²) in [5, 5.41) is 5.08. The molecule has 3 aromatic heterocycles. The van der Waals surface area contributed by atoms with Crippen LogP contribution in [0.3, 0.4) is 0 Å². The summed E-state index contributed by atoms with van der Waals surface area (Å²) in [5.74, 6) is 0. The van der Waals surface area contributed by atoms with Gasteiger partial charge in [-0.15, -0.1) is 0 Å². The number of nitrogens with zero attached hydrogens (tertiary/aromatic N) is 3. The minimum Gasteiger partial charge on any atom is -0.309 e. The SMILES string of the molecule is Cc1ccc(-n2c3ccccc3c3ccccc32)cc1-c1c(C)ccc(-c2ncc(C)c(-c3cc(-n4c5ccccc5c5ccccc54)ccc3C)c2C)c1C. The summed E-state index contributed by atoms with van der Waals surface area (Å²) < 4.78 is 4.82. The van der Waals surface area contributed by atoms with Crippen LogP contribution in [-0.2, 0) is 0 Å². The largest absolute Gasteiger partial charge is 0.309 e. The standard InChI is InChI=1S/C53H43N3/c1-32-23-26-38(55-47-19-11-7-15-41(47)42-16-8-12-20-48(42)55)29-45(32)51-34(3)25-28-40(36(51)5)53-37(6)52(35(4)31-54-53)46-30-39(27-24-33(46)2)56-49-21-13-9-17-43(49)44-18-10-14-22-50(44)56/h7-31H,1-6H3. The summed E-state index contributed by atoms with van der Waals surface area (Å²) in [6.07, 6.45) is 2.07. The number of pyridine rings is 1. The highest BCUT2D eigenvalue weighted by Gasteiger charge is 2.21. The molecule has 0 atom stereocenters. The van der Waals surface area contributed by atoms with Crippen LogP contribution >= 0.6 is 0 Å². The maximum absolute atomic E-state index is 5.18. The first-order chi connectivity index (χ1) is 27.3. The van der Waals surface area contributed by atoms with Crippen LogP contribution in [0.4, 0.5) is 0 Å². The third-order valence-corrected chi connectivity index (χ3v) is 12.1. The molecule has 3 heteroatoms. The number of hydrogen-bond donors (Lipinski definition) is 0. The Morgan fingerprint density at radius 1 is 0.357 bits per heavy atom. The second-order valence-electron chi connectivity index (χ2n) is 15.5. The Hall–Kier alpha value is -6.71. The van der Waals surface area contributed by atoms with Crippen LogP contribution in [-0.4, -0.2) is 14.1 Å². The fourth-order valence-corrected chi connectivity index (χ4v) is 9.38. The smallest absolute Gasteiger partial charge is 0.0740 e. The fourth-order valence-electron chi connectivity index (χ4n) is 9.38. The Kier molecular flexibility index (Phi) is 7.83. The summed E-state index contributed by atoms with van der Waals surface area (Å²) >= 11 is 0. The van der Waals surface area contributed by atoms with Crippen LogP contribution in [0.1, 0.15) is 33.4 Å². The predicted molar refractivity (Wildman–Crippen MR) is 238 cm³/mol. The van der Waals surface area contributed by atoms with Gasteiger partial charge >= 0.3 is 0 Å². The third-order valence-electron chi connectivity index (χ3n) is 12.1. The van der Waals surface area contributed by atoms with E-state index in [2.05, 4.69) is 202 Å².